The van der Waals surface area contributed by atoms with Gasteiger partial charge in [-0.3, -0.25) is 0 Å². The molecule has 1 heterocycles. The van der Waals surface area contributed by atoms with E-state index in [1.54, 1.807) is 0 Å². The van der Waals surface area contributed by atoms with E-state index in [0.717, 1.165) is 31.3 Å². The second kappa shape index (κ2) is 7.16. The molecule has 3 nitrogen and oxygen atoms in total. The van der Waals surface area contributed by atoms with Gasteiger partial charge >= 0.3 is 0 Å². The predicted molar refractivity (Wildman–Crippen MR) is 102 cm³/mol. The van der Waals surface area contributed by atoms with E-state index >= 15 is 0 Å². The molecule has 0 unspecified atom stereocenters. The lowest BCUT2D eigenvalue weighted by molar-refractivity contribution is 0.397. The Morgan fingerprint density at radius 1 is 0.917 bits per heavy atom. The number of halogens is 2. The molecule has 0 bridgehead atoms. The summed E-state index contributed by atoms with van der Waals surface area (Å²) >= 11 is 6.87. The maximum absolute atomic E-state index is 9.56. The van der Waals surface area contributed by atoms with Gasteiger partial charge in [-0.2, -0.15) is 5.26 Å². The first-order valence-corrected chi connectivity index (χ1v) is 8.72. The molecule has 0 saturated heterocycles. The van der Waals surface area contributed by atoms with Crippen molar-refractivity contribution in [3.05, 3.63) is 69.1 Å². The van der Waals surface area contributed by atoms with Gasteiger partial charge in [-0.1, -0.05) is 56.1 Å². The molecule has 3 rings (SSSR count). The minimum absolute atomic E-state index is 0.329. The van der Waals surface area contributed by atoms with Gasteiger partial charge in [0.25, 0.3) is 0 Å². The largest absolute Gasteiger partial charge is 0.480 e. The third-order valence-corrected chi connectivity index (χ3v) is 4.64. The van der Waals surface area contributed by atoms with Gasteiger partial charge in [0.1, 0.15) is 11.6 Å². The minimum atomic E-state index is 0.329. The number of ether oxygens (including phenoxy) is 1. The molecule has 1 aromatic heterocycles. The quantitative estimate of drug-likeness (QED) is 0.512. The van der Waals surface area contributed by atoms with Crippen molar-refractivity contribution in [2.45, 2.75) is 0 Å². The Morgan fingerprint density at radius 2 is 1.46 bits per heavy atom. The van der Waals surface area contributed by atoms with Crippen LogP contribution in [-0.4, -0.2) is 12.1 Å². The van der Waals surface area contributed by atoms with Crippen LogP contribution in [0.3, 0.4) is 0 Å². The van der Waals surface area contributed by atoms with Crippen LogP contribution in [-0.2, 0) is 0 Å². The first-order chi connectivity index (χ1) is 11.6. The Morgan fingerprint density at radius 3 is 1.96 bits per heavy atom. The number of aromatic nitrogens is 1. The summed E-state index contributed by atoms with van der Waals surface area (Å²) in [6.45, 7) is 0. The van der Waals surface area contributed by atoms with Crippen molar-refractivity contribution in [2.75, 3.05) is 7.11 Å². The molecular formula is C19H12Br2N2O. The lowest BCUT2D eigenvalue weighted by Gasteiger charge is -2.12. The number of nitrogens with zero attached hydrogens (tertiary/aromatic N) is 2. The van der Waals surface area contributed by atoms with Gasteiger partial charge in [-0.25, -0.2) is 4.98 Å². The molecule has 3 aromatic rings. The number of hydrogen-bond donors (Lipinski definition) is 0. The van der Waals surface area contributed by atoms with Crippen molar-refractivity contribution in [3.8, 4) is 34.3 Å². The summed E-state index contributed by atoms with van der Waals surface area (Å²) in [4.78, 5) is 4.50. The zero-order valence-corrected chi connectivity index (χ0v) is 15.9. The van der Waals surface area contributed by atoms with Crippen LogP contribution in [0.4, 0.5) is 0 Å². The molecule has 0 fully saturated rings. The van der Waals surface area contributed by atoms with E-state index in [2.05, 4.69) is 42.9 Å². The van der Waals surface area contributed by atoms with Gasteiger partial charge in [-0.05, 0) is 35.9 Å². The summed E-state index contributed by atoms with van der Waals surface area (Å²) in [5.74, 6) is 0.329. The van der Waals surface area contributed by atoms with Crippen LogP contribution in [0.15, 0.2) is 63.5 Å². The first-order valence-electron chi connectivity index (χ1n) is 7.13. The summed E-state index contributed by atoms with van der Waals surface area (Å²) in [6, 6.07) is 19.8. The molecule has 0 aliphatic rings. The Labute approximate surface area is 157 Å². The Hall–Kier alpha value is -2.16. The third kappa shape index (κ3) is 3.35. The van der Waals surface area contributed by atoms with Crippen LogP contribution < -0.4 is 4.74 Å². The molecule has 0 atom stereocenters. The van der Waals surface area contributed by atoms with Crippen LogP contribution in [0, 0.1) is 11.3 Å². The smallest absolute Gasteiger partial charge is 0.232 e. The molecule has 2 aromatic carbocycles. The van der Waals surface area contributed by atoms with Gasteiger partial charge in [0.2, 0.25) is 5.88 Å². The van der Waals surface area contributed by atoms with Crippen LogP contribution in [0.25, 0.3) is 22.4 Å². The fourth-order valence-electron chi connectivity index (χ4n) is 2.40. The van der Waals surface area contributed by atoms with E-state index in [1.165, 1.54) is 7.11 Å². The van der Waals surface area contributed by atoms with E-state index in [9.17, 15) is 5.26 Å². The van der Waals surface area contributed by atoms with Crippen molar-refractivity contribution in [2.24, 2.45) is 0 Å². The highest BCUT2D eigenvalue weighted by molar-refractivity contribution is 9.10. The second-order valence-electron chi connectivity index (χ2n) is 5.06. The van der Waals surface area contributed by atoms with Gasteiger partial charge in [0.05, 0.1) is 12.8 Å². The van der Waals surface area contributed by atoms with Crippen LogP contribution in [0.1, 0.15) is 5.56 Å². The number of benzene rings is 2. The highest BCUT2D eigenvalue weighted by Crippen LogP contribution is 2.34. The van der Waals surface area contributed by atoms with E-state index in [4.69, 9.17) is 4.74 Å². The molecule has 0 aliphatic heterocycles. The molecule has 0 N–H and O–H groups in total. The fourth-order valence-corrected chi connectivity index (χ4v) is 2.93. The summed E-state index contributed by atoms with van der Waals surface area (Å²) in [7, 11) is 1.53. The first kappa shape index (κ1) is 16.7. The van der Waals surface area contributed by atoms with Crippen molar-refractivity contribution >= 4 is 31.9 Å². The van der Waals surface area contributed by atoms with E-state index < -0.39 is 0 Å². The van der Waals surface area contributed by atoms with Crippen molar-refractivity contribution in [3.63, 3.8) is 0 Å². The van der Waals surface area contributed by atoms with E-state index in [1.807, 2.05) is 54.6 Å². The van der Waals surface area contributed by atoms with Crippen molar-refractivity contribution in [1.29, 1.82) is 5.26 Å². The van der Waals surface area contributed by atoms with E-state index in [0.29, 0.717) is 11.4 Å². The maximum atomic E-state index is 9.56. The molecule has 0 amide bonds. The summed E-state index contributed by atoms with van der Waals surface area (Å²) in [5, 5.41) is 9.56. The Kier molecular flexibility index (Phi) is 4.98. The van der Waals surface area contributed by atoms with Crippen molar-refractivity contribution in [1.82, 2.24) is 4.98 Å². The van der Waals surface area contributed by atoms with Gasteiger partial charge in [-0.15, -0.1) is 0 Å². The molecule has 0 radical (unpaired) electrons. The number of methoxy groups -OCH3 is 1. The zero-order chi connectivity index (χ0) is 17.1. The number of hydrogen-bond acceptors (Lipinski definition) is 3. The normalized spacial score (nSPS) is 10.2. The van der Waals surface area contributed by atoms with Crippen LogP contribution in [0.5, 0.6) is 5.88 Å². The number of rotatable bonds is 3. The average Bonchev–Trinajstić information content (AvgIpc) is 2.62. The number of pyridine rings is 1. The van der Waals surface area contributed by atoms with E-state index in [-0.39, 0.29) is 0 Å². The molecular weight excluding hydrogens is 432 g/mol. The lowest BCUT2D eigenvalue weighted by atomic mass is 9.99. The van der Waals surface area contributed by atoms with Gasteiger partial charge in [0, 0.05) is 20.1 Å². The Bertz CT molecular complexity index is 914. The minimum Gasteiger partial charge on any atom is -0.480 e. The topological polar surface area (TPSA) is 45.9 Å². The summed E-state index contributed by atoms with van der Waals surface area (Å²) in [6.07, 6.45) is 0. The monoisotopic (exact) mass is 442 g/mol. The SMILES string of the molecule is COc1nc(-c2ccc(Br)cc2)cc(-c2ccc(Br)cc2)c1C#N. The lowest BCUT2D eigenvalue weighted by Crippen LogP contribution is -1.97. The summed E-state index contributed by atoms with van der Waals surface area (Å²) in [5.41, 5.74) is 3.89. The zero-order valence-electron chi connectivity index (χ0n) is 12.8. The van der Waals surface area contributed by atoms with Gasteiger partial charge in [0.15, 0.2) is 0 Å². The molecule has 5 heteroatoms. The second-order valence-corrected chi connectivity index (χ2v) is 6.90. The standard InChI is InChI=1S/C19H12Br2N2O/c1-24-19-17(11-22)16(12-2-6-14(20)7-3-12)10-18(23-19)13-4-8-15(21)9-5-13/h2-10H,1H3. The molecule has 0 saturated carbocycles. The molecule has 24 heavy (non-hydrogen) atoms. The Balaban J connectivity index is 2.23. The average molecular weight is 444 g/mol. The molecule has 118 valence electrons. The molecule has 0 aliphatic carbocycles. The van der Waals surface area contributed by atoms with Crippen LogP contribution in [0.2, 0.25) is 0 Å². The summed E-state index contributed by atoms with van der Waals surface area (Å²) < 4.78 is 7.34. The fraction of sp³-hybridized carbons (Fsp3) is 0.0526. The highest BCUT2D eigenvalue weighted by Gasteiger charge is 2.15. The predicted octanol–water partition coefficient (Wildman–Crippen LogP) is 5.82. The van der Waals surface area contributed by atoms with Crippen LogP contribution >= 0.6 is 31.9 Å². The highest BCUT2D eigenvalue weighted by atomic mass is 79.9. The third-order valence-electron chi connectivity index (χ3n) is 3.59. The number of nitriles is 1. The maximum Gasteiger partial charge on any atom is 0.232 e. The molecule has 0 spiro atoms. The van der Waals surface area contributed by atoms with Crippen molar-refractivity contribution < 1.29 is 4.74 Å². The van der Waals surface area contributed by atoms with Gasteiger partial charge < -0.3 is 4.74 Å².